The zero-order chi connectivity index (χ0) is 17.5. The van der Waals surface area contributed by atoms with Gasteiger partial charge in [-0.3, -0.25) is 4.79 Å². The smallest absolute Gasteiger partial charge is 0.150 e. The van der Waals surface area contributed by atoms with Crippen LogP contribution >= 0.6 is 0 Å². The van der Waals surface area contributed by atoms with Crippen molar-refractivity contribution >= 4 is 6.29 Å². The van der Waals surface area contributed by atoms with Gasteiger partial charge in [0.05, 0.1) is 0 Å². The van der Waals surface area contributed by atoms with Crippen LogP contribution in [0.25, 0.3) is 0 Å². The molecular weight excluding hydrogens is 296 g/mol. The van der Waals surface area contributed by atoms with Gasteiger partial charge >= 0.3 is 0 Å². The fraction of sp³-hybridized carbons (Fsp3) is 0.409. The SMILES string of the molecule is CC1(C)CCC(C)(C)c2cc(C(O)c3ccccc3C=O)ccc21. The molecule has 2 aromatic carbocycles. The predicted molar refractivity (Wildman–Crippen MR) is 97.6 cm³/mol. The van der Waals surface area contributed by atoms with Crippen molar-refractivity contribution in [3.8, 4) is 0 Å². The van der Waals surface area contributed by atoms with E-state index in [9.17, 15) is 9.90 Å². The van der Waals surface area contributed by atoms with Gasteiger partial charge in [0.25, 0.3) is 0 Å². The van der Waals surface area contributed by atoms with E-state index < -0.39 is 6.10 Å². The molecule has 3 rings (SSSR count). The van der Waals surface area contributed by atoms with Crippen LogP contribution in [0.4, 0.5) is 0 Å². The summed E-state index contributed by atoms with van der Waals surface area (Å²) in [7, 11) is 0. The number of fused-ring (bicyclic) bond motifs is 1. The Morgan fingerprint density at radius 1 is 0.958 bits per heavy atom. The molecule has 1 N–H and O–H groups in total. The third-order valence-corrected chi connectivity index (χ3v) is 5.61. The number of aldehydes is 1. The predicted octanol–water partition coefficient (Wildman–Crippen LogP) is 4.93. The van der Waals surface area contributed by atoms with Gasteiger partial charge in [-0.25, -0.2) is 0 Å². The molecule has 0 bridgehead atoms. The second-order valence-electron chi connectivity index (χ2n) is 8.22. The Morgan fingerprint density at radius 2 is 1.58 bits per heavy atom. The van der Waals surface area contributed by atoms with Crippen LogP contribution in [0.1, 0.15) is 79.3 Å². The maximum Gasteiger partial charge on any atom is 0.150 e. The van der Waals surface area contributed by atoms with E-state index in [2.05, 4.69) is 39.8 Å². The minimum Gasteiger partial charge on any atom is -0.384 e. The van der Waals surface area contributed by atoms with Gasteiger partial charge in [-0.1, -0.05) is 70.2 Å². The molecule has 2 heteroatoms. The molecular formula is C22H26O2. The summed E-state index contributed by atoms with van der Waals surface area (Å²) >= 11 is 0. The first-order valence-electron chi connectivity index (χ1n) is 8.63. The fourth-order valence-corrected chi connectivity index (χ4v) is 3.82. The largest absolute Gasteiger partial charge is 0.384 e. The third kappa shape index (κ3) is 2.80. The van der Waals surface area contributed by atoms with Crippen molar-refractivity contribution in [1.29, 1.82) is 0 Å². The monoisotopic (exact) mass is 322 g/mol. The van der Waals surface area contributed by atoms with Gasteiger partial charge < -0.3 is 5.11 Å². The molecule has 1 unspecified atom stereocenters. The lowest BCUT2D eigenvalue weighted by molar-refractivity contribution is 0.111. The van der Waals surface area contributed by atoms with Gasteiger partial charge in [0.2, 0.25) is 0 Å². The second kappa shape index (κ2) is 5.86. The lowest BCUT2D eigenvalue weighted by atomic mass is 9.63. The number of aliphatic hydroxyl groups is 1. The van der Waals surface area contributed by atoms with Crippen LogP contribution in [0, 0.1) is 0 Å². The fourth-order valence-electron chi connectivity index (χ4n) is 3.82. The van der Waals surface area contributed by atoms with Gasteiger partial charge in [0, 0.05) is 5.56 Å². The van der Waals surface area contributed by atoms with E-state index in [-0.39, 0.29) is 10.8 Å². The highest BCUT2D eigenvalue weighted by molar-refractivity contribution is 5.77. The summed E-state index contributed by atoms with van der Waals surface area (Å²) in [6.07, 6.45) is 2.34. The lowest BCUT2D eigenvalue weighted by Gasteiger charge is -2.42. The van der Waals surface area contributed by atoms with E-state index in [0.29, 0.717) is 11.1 Å². The number of rotatable bonds is 3. The maximum absolute atomic E-state index is 11.3. The van der Waals surface area contributed by atoms with Crippen LogP contribution < -0.4 is 0 Å². The van der Waals surface area contributed by atoms with Gasteiger partial charge in [0.1, 0.15) is 12.4 Å². The Hall–Kier alpha value is -1.93. The van der Waals surface area contributed by atoms with Crippen molar-refractivity contribution in [2.45, 2.75) is 57.5 Å². The van der Waals surface area contributed by atoms with Crippen molar-refractivity contribution in [3.05, 3.63) is 70.3 Å². The lowest BCUT2D eigenvalue weighted by Crippen LogP contribution is -2.34. The number of hydrogen-bond acceptors (Lipinski definition) is 2. The normalized spacial score (nSPS) is 19.4. The molecule has 2 nitrogen and oxygen atoms in total. The van der Waals surface area contributed by atoms with Gasteiger partial charge in [-0.05, 0) is 45.9 Å². The molecule has 126 valence electrons. The number of hydrogen-bond donors (Lipinski definition) is 1. The first-order valence-corrected chi connectivity index (χ1v) is 8.63. The molecule has 0 heterocycles. The highest BCUT2D eigenvalue weighted by Gasteiger charge is 2.37. The van der Waals surface area contributed by atoms with E-state index in [1.54, 1.807) is 6.07 Å². The summed E-state index contributed by atoms with van der Waals surface area (Å²) in [4.78, 5) is 11.3. The summed E-state index contributed by atoms with van der Waals surface area (Å²) in [6.45, 7) is 9.13. The van der Waals surface area contributed by atoms with E-state index >= 15 is 0 Å². The first kappa shape index (κ1) is 16.9. The van der Waals surface area contributed by atoms with Crippen molar-refractivity contribution in [2.24, 2.45) is 0 Å². The molecule has 24 heavy (non-hydrogen) atoms. The summed E-state index contributed by atoms with van der Waals surface area (Å²) in [5, 5.41) is 10.8. The zero-order valence-corrected chi connectivity index (χ0v) is 15.0. The summed E-state index contributed by atoms with van der Waals surface area (Å²) in [5.74, 6) is 0. The van der Waals surface area contributed by atoms with Gasteiger partial charge in [-0.15, -0.1) is 0 Å². The van der Waals surface area contributed by atoms with Gasteiger partial charge in [-0.2, -0.15) is 0 Å². The Balaban J connectivity index is 2.09. The van der Waals surface area contributed by atoms with E-state index in [4.69, 9.17) is 0 Å². The van der Waals surface area contributed by atoms with E-state index in [0.717, 1.165) is 18.3 Å². The van der Waals surface area contributed by atoms with Crippen molar-refractivity contribution in [3.63, 3.8) is 0 Å². The minimum absolute atomic E-state index is 0.102. The zero-order valence-electron chi connectivity index (χ0n) is 15.0. The highest BCUT2D eigenvalue weighted by atomic mass is 16.3. The van der Waals surface area contributed by atoms with Crippen LogP contribution in [0.15, 0.2) is 42.5 Å². The molecule has 1 atom stereocenters. The standard InChI is InChI=1S/C22H26O2/c1-21(2)11-12-22(3,4)19-13-15(9-10-18(19)21)20(24)17-8-6-5-7-16(17)14-23/h5-10,13-14,20,24H,11-12H2,1-4H3. The molecule has 1 aliphatic carbocycles. The van der Waals surface area contributed by atoms with Crippen LogP contribution in [0.5, 0.6) is 0 Å². The average molecular weight is 322 g/mol. The van der Waals surface area contributed by atoms with Crippen LogP contribution in [-0.2, 0) is 10.8 Å². The quantitative estimate of drug-likeness (QED) is 0.814. The van der Waals surface area contributed by atoms with E-state index in [1.807, 2.05) is 24.3 Å². The average Bonchev–Trinajstić information content (AvgIpc) is 2.58. The molecule has 0 amide bonds. The number of carbonyl (C=O) groups is 1. The molecule has 0 aliphatic heterocycles. The Bertz CT molecular complexity index is 771. The topological polar surface area (TPSA) is 37.3 Å². The van der Waals surface area contributed by atoms with Gasteiger partial charge in [0.15, 0.2) is 0 Å². The van der Waals surface area contributed by atoms with Crippen LogP contribution in [-0.4, -0.2) is 11.4 Å². The second-order valence-corrected chi connectivity index (χ2v) is 8.22. The third-order valence-electron chi connectivity index (χ3n) is 5.61. The van der Waals surface area contributed by atoms with Crippen LogP contribution in [0.3, 0.4) is 0 Å². The number of aliphatic hydroxyl groups excluding tert-OH is 1. The molecule has 0 aromatic heterocycles. The molecule has 0 saturated carbocycles. The Morgan fingerprint density at radius 3 is 2.25 bits per heavy atom. The summed E-state index contributed by atoms with van der Waals surface area (Å²) < 4.78 is 0. The first-order chi connectivity index (χ1) is 11.3. The molecule has 0 saturated heterocycles. The summed E-state index contributed by atoms with van der Waals surface area (Å²) in [6, 6.07) is 13.6. The van der Waals surface area contributed by atoms with Crippen molar-refractivity contribution in [2.75, 3.05) is 0 Å². The van der Waals surface area contributed by atoms with E-state index in [1.165, 1.54) is 17.5 Å². The Labute approximate surface area is 144 Å². The number of benzene rings is 2. The highest BCUT2D eigenvalue weighted by Crippen LogP contribution is 2.46. The molecule has 0 fully saturated rings. The Kier molecular flexibility index (Phi) is 4.13. The molecule has 0 radical (unpaired) electrons. The van der Waals surface area contributed by atoms with Crippen molar-refractivity contribution < 1.29 is 9.90 Å². The summed E-state index contributed by atoms with van der Waals surface area (Å²) in [5.41, 5.74) is 5.02. The maximum atomic E-state index is 11.3. The minimum atomic E-state index is -0.780. The van der Waals surface area contributed by atoms with Crippen molar-refractivity contribution in [1.82, 2.24) is 0 Å². The molecule has 0 spiro atoms. The number of carbonyl (C=O) groups excluding carboxylic acids is 1. The van der Waals surface area contributed by atoms with Crippen LogP contribution in [0.2, 0.25) is 0 Å². The molecule has 2 aromatic rings. The molecule has 1 aliphatic rings.